The first kappa shape index (κ1) is 17.2. The molecule has 1 aliphatic rings. The van der Waals surface area contributed by atoms with Crippen molar-refractivity contribution in [2.75, 3.05) is 6.54 Å². The Balaban J connectivity index is 1.79. The molecule has 5 nitrogen and oxygen atoms in total. The van der Waals surface area contributed by atoms with E-state index in [1.54, 1.807) is 12.1 Å². The number of hydrogen-bond donors (Lipinski definition) is 2. The van der Waals surface area contributed by atoms with Crippen molar-refractivity contribution in [1.29, 1.82) is 0 Å². The molecular weight excluding hydrogens is 326 g/mol. The van der Waals surface area contributed by atoms with Crippen LogP contribution in [0.3, 0.4) is 0 Å². The summed E-state index contributed by atoms with van der Waals surface area (Å²) < 4.78 is 26.8. The summed E-state index contributed by atoms with van der Waals surface area (Å²) in [4.78, 5) is 11.1. The van der Waals surface area contributed by atoms with Crippen LogP contribution in [0.1, 0.15) is 32.1 Å². The van der Waals surface area contributed by atoms with Gasteiger partial charge in [0.15, 0.2) is 0 Å². The summed E-state index contributed by atoms with van der Waals surface area (Å²) in [5, 5.41) is 9.45. The van der Waals surface area contributed by atoms with Crippen molar-refractivity contribution in [3.05, 3.63) is 29.3 Å². The second kappa shape index (κ2) is 7.44. The standard InChI is InChI=1S/C15H20ClNO4S/c16-13-5-7-14(8-6-13)22(20,21)17-10-9-11-1-3-12(4-2-11)15(18)19/h5-8,11-12,17H,1-4,9-10H2,(H,18,19). The number of halogens is 1. The molecular formula is C15H20ClNO4S. The van der Waals surface area contributed by atoms with Gasteiger partial charge in [0.25, 0.3) is 0 Å². The number of carboxylic acid groups (broad SMARTS) is 1. The van der Waals surface area contributed by atoms with Crippen molar-refractivity contribution >= 4 is 27.6 Å². The zero-order chi connectivity index (χ0) is 16.2. The minimum Gasteiger partial charge on any atom is -0.481 e. The summed E-state index contributed by atoms with van der Waals surface area (Å²) in [6.07, 6.45) is 3.80. The lowest BCUT2D eigenvalue weighted by Gasteiger charge is -2.26. The van der Waals surface area contributed by atoms with Crippen LogP contribution in [0.4, 0.5) is 0 Å². The number of aliphatic carboxylic acids is 1. The van der Waals surface area contributed by atoms with E-state index in [0.29, 0.717) is 30.3 Å². The minimum atomic E-state index is -3.50. The zero-order valence-electron chi connectivity index (χ0n) is 12.2. The van der Waals surface area contributed by atoms with Gasteiger partial charge in [-0.1, -0.05) is 11.6 Å². The Hall–Kier alpha value is -1.11. The van der Waals surface area contributed by atoms with E-state index < -0.39 is 16.0 Å². The van der Waals surface area contributed by atoms with Gasteiger partial charge < -0.3 is 5.11 Å². The Morgan fingerprint density at radius 2 is 1.77 bits per heavy atom. The fourth-order valence-corrected chi connectivity index (χ4v) is 3.97. The lowest BCUT2D eigenvalue weighted by molar-refractivity contribution is -0.143. The smallest absolute Gasteiger partial charge is 0.306 e. The molecule has 0 aliphatic heterocycles. The molecule has 2 rings (SSSR count). The quantitative estimate of drug-likeness (QED) is 0.830. The molecule has 22 heavy (non-hydrogen) atoms. The third-order valence-corrected chi connectivity index (χ3v) is 5.89. The molecule has 0 amide bonds. The molecule has 2 N–H and O–H groups in total. The van der Waals surface area contributed by atoms with Crippen LogP contribution in [0, 0.1) is 11.8 Å². The first-order valence-electron chi connectivity index (χ1n) is 7.36. The molecule has 0 unspecified atom stereocenters. The van der Waals surface area contributed by atoms with Gasteiger partial charge in [-0.3, -0.25) is 4.79 Å². The van der Waals surface area contributed by atoms with E-state index in [4.69, 9.17) is 16.7 Å². The summed E-state index contributed by atoms with van der Waals surface area (Å²) in [5.41, 5.74) is 0. The van der Waals surface area contributed by atoms with Crippen molar-refractivity contribution in [3.63, 3.8) is 0 Å². The Morgan fingerprint density at radius 1 is 1.18 bits per heavy atom. The Labute approximate surface area is 135 Å². The van der Waals surface area contributed by atoms with Crippen LogP contribution in [0.2, 0.25) is 5.02 Å². The van der Waals surface area contributed by atoms with Gasteiger partial charge in [-0.2, -0.15) is 0 Å². The van der Waals surface area contributed by atoms with Crippen molar-refractivity contribution in [3.8, 4) is 0 Å². The predicted octanol–water partition coefficient (Wildman–Crippen LogP) is 2.90. The zero-order valence-corrected chi connectivity index (χ0v) is 13.7. The van der Waals surface area contributed by atoms with Crippen molar-refractivity contribution in [2.24, 2.45) is 11.8 Å². The fraction of sp³-hybridized carbons (Fsp3) is 0.533. The number of carboxylic acids is 1. The van der Waals surface area contributed by atoms with Gasteiger partial charge in [0.05, 0.1) is 10.8 Å². The first-order valence-corrected chi connectivity index (χ1v) is 9.22. The van der Waals surface area contributed by atoms with Crippen LogP contribution in [0.15, 0.2) is 29.2 Å². The lowest BCUT2D eigenvalue weighted by atomic mass is 9.81. The molecule has 0 bridgehead atoms. The molecule has 1 fully saturated rings. The van der Waals surface area contributed by atoms with Gasteiger partial charge in [-0.15, -0.1) is 0 Å². The summed E-state index contributed by atoms with van der Waals surface area (Å²) >= 11 is 5.74. The van der Waals surface area contributed by atoms with E-state index >= 15 is 0 Å². The molecule has 0 spiro atoms. The summed E-state index contributed by atoms with van der Waals surface area (Å²) in [7, 11) is -3.50. The molecule has 7 heteroatoms. The lowest BCUT2D eigenvalue weighted by Crippen LogP contribution is -2.28. The summed E-state index contributed by atoms with van der Waals surface area (Å²) in [5.74, 6) is -0.563. The van der Waals surface area contributed by atoms with Crippen LogP contribution in [-0.4, -0.2) is 26.0 Å². The van der Waals surface area contributed by atoms with E-state index in [1.165, 1.54) is 12.1 Å². The number of hydrogen-bond acceptors (Lipinski definition) is 3. The average molecular weight is 346 g/mol. The SMILES string of the molecule is O=C(O)C1CCC(CCNS(=O)(=O)c2ccc(Cl)cc2)CC1. The topological polar surface area (TPSA) is 83.5 Å². The van der Waals surface area contributed by atoms with Gasteiger partial charge >= 0.3 is 5.97 Å². The Bertz CT molecular complexity index is 607. The number of rotatable bonds is 6. The van der Waals surface area contributed by atoms with E-state index in [2.05, 4.69) is 4.72 Å². The second-order valence-electron chi connectivity index (χ2n) is 5.70. The molecule has 1 aromatic rings. The molecule has 0 atom stereocenters. The minimum absolute atomic E-state index is 0.200. The van der Waals surface area contributed by atoms with Crippen molar-refractivity contribution in [2.45, 2.75) is 37.0 Å². The second-order valence-corrected chi connectivity index (χ2v) is 7.90. The van der Waals surface area contributed by atoms with Gasteiger partial charge in [0, 0.05) is 11.6 Å². The highest BCUT2D eigenvalue weighted by atomic mass is 35.5. The predicted molar refractivity (Wildman–Crippen MR) is 84.3 cm³/mol. The normalized spacial score (nSPS) is 22.4. The molecule has 1 aromatic carbocycles. The van der Waals surface area contributed by atoms with Crippen LogP contribution < -0.4 is 4.72 Å². The molecule has 1 saturated carbocycles. The highest BCUT2D eigenvalue weighted by Crippen LogP contribution is 2.30. The Morgan fingerprint density at radius 3 is 2.32 bits per heavy atom. The van der Waals surface area contributed by atoms with Crippen molar-refractivity contribution in [1.82, 2.24) is 4.72 Å². The summed E-state index contributed by atoms with van der Waals surface area (Å²) in [6, 6.07) is 6.04. The van der Waals surface area contributed by atoms with Gasteiger partial charge in [-0.25, -0.2) is 13.1 Å². The van der Waals surface area contributed by atoms with Gasteiger partial charge in [0.1, 0.15) is 0 Å². The maximum absolute atomic E-state index is 12.1. The summed E-state index contributed by atoms with van der Waals surface area (Å²) in [6.45, 7) is 0.368. The molecule has 0 radical (unpaired) electrons. The first-order chi connectivity index (χ1) is 10.4. The van der Waals surface area contributed by atoms with Crippen molar-refractivity contribution < 1.29 is 18.3 Å². The van der Waals surface area contributed by atoms with Crippen LogP contribution >= 0.6 is 11.6 Å². The number of benzene rings is 1. The molecule has 0 aromatic heterocycles. The molecule has 0 heterocycles. The van der Waals surface area contributed by atoms with Crippen LogP contribution in [-0.2, 0) is 14.8 Å². The largest absolute Gasteiger partial charge is 0.481 e. The number of nitrogens with one attached hydrogen (secondary N) is 1. The maximum Gasteiger partial charge on any atom is 0.306 e. The van der Waals surface area contributed by atoms with Gasteiger partial charge in [0.2, 0.25) is 10.0 Å². The van der Waals surface area contributed by atoms with E-state index in [1.807, 2.05) is 0 Å². The number of carbonyl (C=O) groups is 1. The maximum atomic E-state index is 12.1. The van der Waals surface area contributed by atoms with E-state index in [0.717, 1.165) is 19.3 Å². The average Bonchev–Trinajstić information content (AvgIpc) is 2.48. The van der Waals surface area contributed by atoms with E-state index in [-0.39, 0.29) is 10.8 Å². The van der Waals surface area contributed by atoms with E-state index in [9.17, 15) is 13.2 Å². The third-order valence-electron chi connectivity index (χ3n) is 4.16. The highest BCUT2D eigenvalue weighted by Gasteiger charge is 2.26. The molecule has 122 valence electrons. The fourth-order valence-electron chi connectivity index (χ4n) is 2.79. The van der Waals surface area contributed by atoms with Gasteiger partial charge in [-0.05, 0) is 62.3 Å². The monoisotopic (exact) mass is 345 g/mol. The van der Waals surface area contributed by atoms with Crippen LogP contribution in [0.25, 0.3) is 0 Å². The van der Waals surface area contributed by atoms with Crippen LogP contribution in [0.5, 0.6) is 0 Å². The highest BCUT2D eigenvalue weighted by molar-refractivity contribution is 7.89. The Kier molecular flexibility index (Phi) is 5.83. The molecule has 0 saturated heterocycles. The third kappa shape index (κ3) is 4.69. The molecule has 1 aliphatic carbocycles. The number of sulfonamides is 1.